The Kier molecular flexibility index (Phi) is 12.5. The average Bonchev–Trinajstić information content (AvgIpc) is 3.46. The number of urea groups is 1. The molecule has 274 valence electrons. The molecule has 3 aliphatic rings. The lowest BCUT2D eigenvalue weighted by Gasteiger charge is -2.40. The first kappa shape index (κ1) is 39.0. The van der Waals surface area contributed by atoms with Crippen LogP contribution in [0.2, 0.25) is 0 Å². The van der Waals surface area contributed by atoms with Crippen LogP contribution in [0.1, 0.15) is 85.3 Å². The summed E-state index contributed by atoms with van der Waals surface area (Å²) in [6.45, 7) is 13.5. The van der Waals surface area contributed by atoms with E-state index in [0.717, 1.165) is 19.3 Å². The molecule has 1 aliphatic heterocycles. The highest BCUT2D eigenvalue weighted by Crippen LogP contribution is 2.65. The molecular weight excluding hydrogens is 659 g/mol. The van der Waals surface area contributed by atoms with Crippen molar-refractivity contribution in [3.8, 4) is 12.3 Å². The molecule has 13 heteroatoms. The Morgan fingerprint density at radius 2 is 1.88 bits per heavy atom. The normalized spacial score (nSPS) is 23.6. The minimum Gasteiger partial charge on any atom is -0.616 e. The number of likely N-dealkylation sites (tertiary alicyclic amines) is 1. The first-order valence-electron chi connectivity index (χ1n) is 17.5. The second kappa shape index (κ2) is 16.1. The first-order valence-corrected chi connectivity index (χ1v) is 19.0. The summed E-state index contributed by atoms with van der Waals surface area (Å²) in [4.78, 5) is 69.3. The first-order chi connectivity index (χ1) is 23.5. The summed E-state index contributed by atoms with van der Waals surface area (Å²) in [5.41, 5.74) is -1.67. The Bertz CT molecular complexity index is 1460. The van der Waals surface area contributed by atoms with Gasteiger partial charge in [-0.05, 0) is 65.2 Å². The van der Waals surface area contributed by atoms with E-state index in [4.69, 9.17) is 10.8 Å². The molecular formula is C37H53N5O7S. The van der Waals surface area contributed by atoms with E-state index in [9.17, 15) is 28.5 Å². The van der Waals surface area contributed by atoms with Crippen LogP contribution in [0, 0.1) is 35.0 Å². The maximum absolute atomic E-state index is 14.4. The number of carbonyl (C=O) groups excluding carboxylic acids is 5. The Labute approximate surface area is 298 Å². The molecule has 4 rings (SSSR count). The minimum atomic E-state index is -1.30. The molecule has 1 saturated heterocycles. The van der Waals surface area contributed by atoms with Crippen LogP contribution in [-0.2, 0) is 36.1 Å². The van der Waals surface area contributed by atoms with Crippen molar-refractivity contribution in [2.24, 2.45) is 22.7 Å². The van der Waals surface area contributed by atoms with Crippen molar-refractivity contribution in [1.82, 2.24) is 26.2 Å². The summed E-state index contributed by atoms with van der Waals surface area (Å²) < 4.78 is 18.6. The van der Waals surface area contributed by atoms with E-state index in [0.29, 0.717) is 25.1 Å². The van der Waals surface area contributed by atoms with E-state index in [1.807, 2.05) is 34.6 Å². The zero-order valence-electron chi connectivity index (χ0n) is 30.0. The monoisotopic (exact) mass is 711 g/mol. The zero-order chi connectivity index (χ0) is 36.9. The molecule has 1 aromatic heterocycles. The number of Topliss-reactive ketones (excluding diaryl/α,β-unsaturated/α-hetero) is 1. The molecule has 2 saturated carbocycles. The number of fused-ring (bicyclic) bond motifs is 1. The fraction of sp³-hybridized carbons (Fsp3) is 0.649. The molecule has 1 aromatic rings. The van der Waals surface area contributed by atoms with Gasteiger partial charge in [-0.1, -0.05) is 60.0 Å². The highest BCUT2D eigenvalue weighted by atomic mass is 32.2. The van der Waals surface area contributed by atoms with E-state index >= 15 is 0 Å². The molecule has 50 heavy (non-hydrogen) atoms. The molecule has 3 fully saturated rings. The number of nitrogens with one attached hydrogen (secondary N) is 4. The third-order valence-corrected chi connectivity index (χ3v) is 12.0. The number of rotatable bonds is 15. The zero-order valence-corrected chi connectivity index (χ0v) is 30.8. The van der Waals surface area contributed by atoms with Gasteiger partial charge in [-0.15, -0.1) is 18.9 Å². The van der Waals surface area contributed by atoms with Crippen LogP contribution in [-0.4, -0.2) is 81.5 Å². The molecule has 5 amide bonds. The Morgan fingerprint density at radius 3 is 2.48 bits per heavy atom. The number of furan rings is 1. The third-order valence-electron chi connectivity index (χ3n) is 10.5. The predicted octanol–water partition coefficient (Wildman–Crippen LogP) is 3.20. The van der Waals surface area contributed by atoms with Crippen molar-refractivity contribution in [2.75, 3.05) is 18.8 Å². The van der Waals surface area contributed by atoms with Crippen molar-refractivity contribution in [3.05, 3.63) is 36.8 Å². The van der Waals surface area contributed by atoms with Crippen molar-refractivity contribution in [3.63, 3.8) is 0 Å². The number of amides is 5. The van der Waals surface area contributed by atoms with Gasteiger partial charge in [0.25, 0.3) is 5.91 Å². The average molecular weight is 712 g/mol. The predicted molar refractivity (Wildman–Crippen MR) is 191 cm³/mol. The lowest BCUT2D eigenvalue weighted by Crippen LogP contribution is -2.64. The van der Waals surface area contributed by atoms with E-state index in [1.54, 1.807) is 18.4 Å². The van der Waals surface area contributed by atoms with Gasteiger partial charge < -0.3 is 35.1 Å². The number of ketones is 1. The molecule has 2 heterocycles. The van der Waals surface area contributed by atoms with Gasteiger partial charge in [0.2, 0.25) is 17.6 Å². The van der Waals surface area contributed by atoms with Gasteiger partial charge in [-0.3, -0.25) is 19.2 Å². The molecule has 0 bridgehead atoms. The minimum absolute atomic E-state index is 0.0436. The van der Waals surface area contributed by atoms with Gasteiger partial charge in [0.1, 0.15) is 17.8 Å². The molecule has 12 nitrogen and oxygen atoms in total. The largest absolute Gasteiger partial charge is 0.616 e. The van der Waals surface area contributed by atoms with Gasteiger partial charge in [-0.25, -0.2) is 4.79 Å². The summed E-state index contributed by atoms with van der Waals surface area (Å²) in [7, 11) is 0. The van der Waals surface area contributed by atoms with Crippen LogP contribution < -0.4 is 21.3 Å². The highest BCUT2D eigenvalue weighted by Gasteiger charge is 2.70. The van der Waals surface area contributed by atoms with Gasteiger partial charge >= 0.3 is 6.03 Å². The number of nitrogens with zero attached hydrogens (tertiary/aromatic N) is 1. The summed E-state index contributed by atoms with van der Waals surface area (Å²) in [5, 5.41) is 11.2. The number of terminal acetylenes is 1. The molecule has 4 N–H and O–H groups in total. The lowest BCUT2D eigenvalue weighted by atomic mass is 9.83. The van der Waals surface area contributed by atoms with Crippen molar-refractivity contribution < 1.29 is 32.9 Å². The Balaban J connectivity index is 1.51. The molecule has 4 unspecified atom stereocenters. The van der Waals surface area contributed by atoms with E-state index < -0.39 is 69.8 Å². The van der Waals surface area contributed by atoms with Crippen LogP contribution in [0.5, 0.6) is 0 Å². The third kappa shape index (κ3) is 9.12. The van der Waals surface area contributed by atoms with Crippen molar-refractivity contribution >= 4 is 40.7 Å². The van der Waals surface area contributed by atoms with Gasteiger partial charge in [-0.2, -0.15) is 0 Å². The standard InChI is InChI=1S/C37H53N5O7S/c1-8-10-16-26(29(43)32(45)38-19-9-2)39-31(44)28-27-25(36(27,6)7)21-42(28)33(46)30(35(3,4)5)40-34(47)41-37(17-12-11-13-18-37)23-50(48)22-24-15-14-20-49-24/h1,9,14-15,20,25-28,30H,2,10-13,16-19,21-23H2,3-7H3,(H,38,45)(H,39,44)(H2,40,41,47)/t25?,26?,27?,28-,30+,50?/m0/s1. The molecule has 6 atom stereocenters. The quantitative estimate of drug-likeness (QED) is 0.0936. The number of hydrogen-bond acceptors (Lipinski definition) is 7. The second-order valence-electron chi connectivity index (χ2n) is 15.6. The molecule has 0 aromatic carbocycles. The smallest absolute Gasteiger partial charge is 0.316 e. The van der Waals surface area contributed by atoms with Crippen LogP contribution in [0.15, 0.2) is 35.5 Å². The molecule has 0 spiro atoms. The summed E-state index contributed by atoms with van der Waals surface area (Å²) >= 11 is -1.30. The fourth-order valence-corrected chi connectivity index (χ4v) is 9.21. The van der Waals surface area contributed by atoms with Crippen LogP contribution >= 0.6 is 0 Å². The number of piperidine rings is 1. The van der Waals surface area contributed by atoms with Crippen molar-refractivity contribution in [1.29, 1.82) is 0 Å². The summed E-state index contributed by atoms with van der Waals surface area (Å²) in [6, 6.07) is -0.101. The van der Waals surface area contributed by atoms with E-state index in [1.165, 1.54) is 11.0 Å². The van der Waals surface area contributed by atoms with Gasteiger partial charge in [0.15, 0.2) is 11.5 Å². The summed E-state index contributed by atoms with van der Waals surface area (Å²) in [5.74, 6) is 0.798. The fourth-order valence-electron chi connectivity index (χ4n) is 7.65. The van der Waals surface area contributed by atoms with Gasteiger partial charge in [0, 0.05) is 19.5 Å². The SMILES string of the molecule is C#CCCC(NC(=O)[C@@H]1C2C(CN1C(=O)[C@@H](NC(=O)NC1(C[S+]([O-])Cc3ccco3)CCCCC1)C(C)(C)C)C2(C)C)C(=O)C(=O)NCC=C. The van der Waals surface area contributed by atoms with Crippen molar-refractivity contribution in [2.45, 2.75) is 109 Å². The number of carbonyl (C=O) groups is 5. The van der Waals surface area contributed by atoms with Gasteiger partial charge in [0.05, 0.1) is 17.8 Å². The topological polar surface area (TPSA) is 173 Å². The maximum Gasteiger partial charge on any atom is 0.316 e. The lowest BCUT2D eigenvalue weighted by molar-refractivity contribution is -0.145. The molecule has 2 aliphatic carbocycles. The second-order valence-corrected chi connectivity index (χ2v) is 17.1. The van der Waals surface area contributed by atoms with Crippen LogP contribution in [0.4, 0.5) is 4.79 Å². The van der Waals surface area contributed by atoms with Crippen LogP contribution in [0.25, 0.3) is 0 Å². The van der Waals surface area contributed by atoms with E-state index in [-0.39, 0.29) is 48.1 Å². The maximum atomic E-state index is 14.4. The Hall–Kier alpha value is -3.76. The van der Waals surface area contributed by atoms with E-state index in [2.05, 4.69) is 33.8 Å². The number of hydrogen-bond donors (Lipinski definition) is 4. The molecule has 0 radical (unpaired) electrons. The summed E-state index contributed by atoms with van der Waals surface area (Å²) in [6.07, 6.45) is 12.7. The highest BCUT2D eigenvalue weighted by molar-refractivity contribution is 7.90. The Morgan fingerprint density at radius 1 is 1.18 bits per heavy atom. The van der Waals surface area contributed by atoms with Crippen LogP contribution in [0.3, 0.4) is 0 Å².